The summed E-state index contributed by atoms with van der Waals surface area (Å²) >= 11 is 0. The first kappa shape index (κ1) is 20.6. The van der Waals surface area contributed by atoms with Gasteiger partial charge >= 0.3 is 0 Å². The van der Waals surface area contributed by atoms with Crippen LogP contribution in [0.25, 0.3) is 22.3 Å². The van der Waals surface area contributed by atoms with Crippen molar-refractivity contribution in [3.05, 3.63) is 59.4 Å². The van der Waals surface area contributed by atoms with E-state index >= 15 is 0 Å². The summed E-state index contributed by atoms with van der Waals surface area (Å²) in [5, 5.41) is 12.7. The summed E-state index contributed by atoms with van der Waals surface area (Å²) in [5.74, 6) is 0.231. The van der Waals surface area contributed by atoms with Crippen molar-refractivity contribution < 1.29 is 9.53 Å². The molecule has 0 aliphatic rings. The van der Waals surface area contributed by atoms with Gasteiger partial charge in [0.2, 0.25) is 5.88 Å². The summed E-state index contributed by atoms with van der Waals surface area (Å²) in [7, 11) is 3.72. The Morgan fingerprint density at radius 2 is 1.97 bits per heavy atom. The van der Waals surface area contributed by atoms with Crippen molar-refractivity contribution in [1.29, 1.82) is 0 Å². The smallest absolute Gasteiger partial charge is 0.258 e. The number of aromatic nitrogens is 5. The van der Waals surface area contributed by atoms with Gasteiger partial charge in [-0.1, -0.05) is 24.3 Å². The van der Waals surface area contributed by atoms with E-state index in [1.54, 1.807) is 15.6 Å². The van der Waals surface area contributed by atoms with Crippen molar-refractivity contribution in [2.45, 2.75) is 20.3 Å². The number of amides is 1. The second kappa shape index (κ2) is 8.59. The highest BCUT2D eigenvalue weighted by Crippen LogP contribution is 2.30. The number of fused-ring (bicyclic) bond motifs is 1. The highest BCUT2D eigenvalue weighted by molar-refractivity contribution is 5.93. The van der Waals surface area contributed by atoms with E-state index in [-0.39, 0.29) is 12.5 Å². The zero-order chi connectivity index (χ0) is 22.0. The number of carbonyl (C=O) groups excluding carboxylic acids is 1. The zero-order valence-electron chi connectivity index (χ0n) is 18.2. The normalized spacial score (nSPS) is 11.1. The number of benzene rings is 1. The summed E-state index contributed by atoms with van der Waals surface area (Å²) in [4.78, 5) is 16.8. The highest BCUT2D eigenvalue weighted by atomic mass is 16.5. The van der Waals surface area contributed by atoms with Gasteiger partial charge < -0.3 is 10.1 Å². The van der Waals surface area contributed by atoms with Crippen molar-refractivity contribution in [3.63, 3.8) is 0 Å². The number of aryl methyl sites for hydroxylation is 4. The fraction of sp³-hybridized carbons (Fsp3) is 0.304. The third-order valence-corrected chi connectivity index (χ3v) is 5.27. The van der Waals surface area contributed by atoms with E-state index in [2.05, 4.69) is 39.6 Å². The molecule has 160 valence electrons. The van der Waals surface area contributed by atoms with Crippen LogP contribution in [0.1, 0.15) is 16.7 Å². The topological polar surface area (TPSA) is 86.9 Å². The predicted molar refractivity (Wildman–Crippen MR) is 119 cm³/mol. The van der Waals surface area contributed by atoms with Gasteiger partial charge in [0, 0.05) is 38.5 Å². The molecule has 31 heavy (non-hydrogen) atoms. The lowest BCUT2D eigenvalue weighted by Gasteiger charge is -2.09. The van der Waals surface area contributed by atoms with Crippen LogP contribution in [0.2, 0.25) is 0 Å². The van der Waals surface area contributed by atoms with Gasteiger partial charge in [-0.05, 0) is 37.0 Å². The molecule has 1 aromatic carbocycles. The van der Waals surface area contributed by atoms with Crippen molar-refractivity contribution in [2.75, 3.05) is 13.2 Å². The van der Waals surface area contributed by atoms with Crippen LogP contribution in [0.15, 0.2) is 42.7 Å². The Kier molecular flexibility index (Phi) is 5.70. The molecular weight excluding hydrogens is 392 g/mol. The van der Waals surface area contributed by atoms with Gasteiger partial charge in [-0.3, -0.25) is 9.48 Å². The van der Waals surface area contributed by atoms with Crippen molar-refractivity contribution in [3.8, 4) is 17.1 Å². The van der Waals surface area contributed by atoms with Crippen LogP contribution in [0.3, 0.4) is 0 Å². The first-order valence-electron chi connectivity index (χ1n) is 10.2. The lowest BCUT2D eigenvalue weighted by atomic mass is 10.1. The van der Waals surface area contributed by atoms with E-state index in [0.29, 0.717) is 18.1 Å². The summed E-state index contributed by atoms with van der Waals surface area (Å²) in [5.41, 5.74) is 5.89. The van der Waals surface area contributed by atoms with Crippen molar-refractivity contribution >= 4 is 16.9 Å². The third-order valence-electron chi connectivity index (χ3n) is 5.27. The number of carbonyl (C=O) groups is 1. The summed E-state index contributed by atoms with van der Waals surface area (Å²) in [6.07, 6.45) is 4.49. The van der Waals surface area contributed by atoms with Crippen LogP contribution in [0.5, 0.6) is 5.88 Å². The van der Waals surface area contributed by atoms with Gasteiger partial charge in [0.25, 0.3) is 5.91 Å². The van der Waals surface area contributed by atoms with Crippen LogP contribution in [0.4, 0.5) is 0 Å². The number of rotatable bonds is 7. The summed E-state index contributed by atoms with van der Waals surface area (Å²) < 4.78 is 9.14. The molecule has 0 unspecified atom stereocenters. The molecule has 0 aliphatic heterocycles. The molecule has 3 aromatic heterocycles. The molecule has 0 fully saturated rings. The maximum atomic E-state index is 12.2. The number of hydrogen-bond donors (Lipinski definition) is 1. The maximum Gasteiger partial charge on any atom is 0.258 e. The molecule has 0 saturated heterocycles. The zero-order valence-corrected chi connectivity index (χ0v) is 18.2. The minimum absolute atomic E-state index is 0.0843. The Labute approximate surface area is 180 Å². The fourth-order valence-electron chi connectivity index (χ4n) is 3.64. The molecule has 1 N–H and O–H groups in total. The summed E-state index contributed by atoms with van der Waals surface area (Å²) in [6, 6.07) is 10.0. The first-order chi connectivity index (χ1) is 14.9. The van der Waals surface area contributed by atoms with Gasteiger partial charge in [0.15, 0.2) is 12.3 Å². The van der Waals surface area contributed by atoms with E-state index in [0.717, 1.165) is 28.6 Å². The van der Waals surface area contributed by atoms with E-state index in [1.165, 1.54) is 11.1 Å². The Morgan fingerprint density at radius 3 is 2.71 bits per heavy atom. The van der Waals surface area contributed by atoms with Crippen LogP contribution >= 0.6 is 0 Å². The van der Waals surface area contributed by atoms with E-state index in [9.17, 15) is 4.79 Å². The Balaban J connectivity index is 1.41. The second-order valence-electron chi connectivity index (χ2n) is 7.67. The van der Waals surface area contributed by atoms with Gasteiger partial charge in [0.05, 0.1) is 11.6 Å². The quantitative estimate of drug-likeness (QED) is 0.499. The Morgan fingerprint density at radius 1 is 1.16 bits per heavy atom. The third kappa shape index (κ3) is 4.42. The molecule has 0 spiro atoms. The largest absolute Gasteiger partial charge is 0.468 e. The molecule has 3 heterocycles. The molecule has 4 rings (SSSR count). The summed E-state index contributed by atoms with van der Waals surface area (Å²) in [6.45, 7) is 4.54. The van der Waals surface area contributed by atoms with Crippen molar-refractivity contribution in [2.24, 2.45) is 14.1 Å². The molecule has 8 heteroatoms. The maximum absolute atomic E-state index is 12.2. The lowest BCUT2D eigenvalue weighted by Crippen LogP contribution is -2.30. The van der Waals surface area contributed by atoms with Crippen LogP contribution in [-0.2, 0) is 25.3 Å². The van der Waals surface area contributed by atoms with Crippen LogP contribution in [0, 0.1) is 13.8 Å². The second-order valence-corrected chi connectivity index (χ2v) is 7.67. The molecule has 8 nitrogen and oxygen atoms in total. The Bertz CT molecular complexity index is 1240. The van der Waals surface area contributed by atoms with Gasteiger partial charge in [0.1, 0.15) is 5.69 Å². The number of nitrogens with zero attached hydrogens (tertiary/aromatic N) is 5. The van der Waals surface area contributed by atoms with Gasteiger partial charge in [-0.25, -0.2) is 4.68 Å². The van der Waals surface area contributed by atoms with Crippen LogP contribution in [-0.4, -0.2) is 43.6 Å². The Hall–Kier alpha value is -3.68. The molecule has 0 atom stereocenters. The molecule has 1 amide bonds. The fourth-order valence-corrected chi connectivity index (χ4v) is 3.64. The number of hydrogen-bond acceptors (Lipinski definition) is 5. The van der Waals surface area contributed by atoms with E-state index < -0.39 is 0 Å². The molecule has 0 saturated carbocycles. The molecule has 0 bridgehead atoms. The monoisotopic (exact) mass is 418 g/mol. The first-order valence-corrected chi connectivity index (χ1v) is 10.2. The standard InChI is InChI=1S/C23H26N6O2/c1-15-7-5-6-8-17(15)9-10-24-19(30)14-31-20-11-16(2)21-22(18-12-25-28(3)13-18)27-29(4)23(21)26-20/h5-8,11-13H,9-10,14H2,1-4H3,(H,24,30). The van der Waals surface area contributed by atoms with Crippen LogP contribution < -0.4 is 10.1 Å². The SMILES string of the molecule is Cc1ccccc1CCNC(=O)COc1cc(C)c2c(-c3cnn(C)c3)nn(C)c2n1. The molecular formula is C23H26N6O2. The molecule has 0 radical (unpaired) electrons. The highest BCUT2D eigenvalue weighted by Gasteiger charge is 2.17. The molecule has 0 aliphatic carbocycles. The average Bonchev–Trinajstić information content (AvgIpc) is 3.31. The number of nitrogens with one attached hydrogen (secondary N) is 1. The van der Waals surface area contributed by atoms with E-state index in [4.69, 9.17) is 4.74 Å². The lowest BCUT2D eigenvalue weighted by molar-refractivity contribution is -0.123. The molecule has 4 aromatic rings. The number of pyridine rings is 1. The number of ether oxygens (including phenoxy) is 1. The minimum Gasteiger partial charge on any atom is -0.468 e. The van der Waals surface area contributed by atoms with Gasteiger partial charge in [-0.2, -0.15) is 15.2 Å². The predicted octanol–water partition coefficient (Wildman–Crippen LogP) is 2.72. The van der Waals surface area contributed by atoms with Crippen molar-refractivity contribution in [1.82, 2.24) is 29.9 Å². The minimum atomic E-state index is -0.172. The van der Waals surface area contributed by atoms with E-state index in [1.807, 2.05) is 45.4 Å². The van der Waals surface area contributed by atoms with Gasteiger partial charge in [-0.15, -0.1) is 0 Å². The average molecular weight is 419 g/mol.